The highest BCUT2D eigenvalue weighted by Gasteiger charge is 2.23. The molecule has 0 aromatic carbocycles. The number of aromatic nitrogens is 2. The molecule has 0 fully saturated rings. The van der Waals surface area contributed by atoms with Gasteiger partial charge in [-0.15, -0.1) is 0 Å². The van der Waals surface area contributed by atoms with Gasteiger partial charge in [0.1, 0.15) is 0 Å². The molecule has 0 aliphatic rings. The average molecular weight is 239 g/mol. The van der Waals surface area contributed by atoms with E-state index in [1.54, 1.807) is 0 Å². The summed E-state index contributed by atoms with van der Waals surface area (Å²) in [5.41, 5.74) is 6.02. The fraction of sp³-hybridized carbons (Fsp3) is 0.846. The second-order valence-electron chi connectivity index (χ2n) is 5.85. The van der Waals surface area contributed by atoms with Gasteiger partial charge < -0.3 is 10.3 Å². The van der Waals surface area contributed by atoms with Crippen LogP contribution in [0.15, 0.2) is 4.52 Å². The van der Waals surface area contributed by atoms with Crippen LogP contribution in [0, 0.1) is 5.41 Å². The van der Waals surface area contributed by atoms with Gasteiger partial charge in [0.25, 0.3) is 0 Å². The van der Waals surface area contributed by atoms with Gasteiger partial charge in [-0.2, -0.15) is 4.98 Å². The SMILES string of the molecule is CCCCc1noc(C(CN)CC(C)(C)C)n1. The first-order valence-corrected chi connectivity index (χ1v) is 6.49. The molecule has 17 heavy (non-hydrogen) atoms. The molecule has 2 N–H and O–H groups in total. The zero-order chi connectivity index (χ0) is 12.9. The van der Waals surface area contributed by atoms with Crippen molar-refractivity contribution in [3.63, 3.8) is 0 Å². The third-order valence-corrected chi connectivity index (χ3v) is 2.73. The van der Waals surface area contributed by atoms with Crippen LogP contribution in [-0.4, -0.2) is 16.7 Å². The lowest BCUT2D eigenvalue weighted by Gasteiger charge is -2.22. The molecule has 0 spiro atoms. The highest BCUT2D eigenvalue weighted by atomic mass is 16.5. The molecule has 0 amide bonds. The van der Waals surface area contributed by atoms with Crippen LogP contribution in [-0.2, 0) is 6.42 Å². The fourth-order valence-electron chi connectivity index (χ4n) is 1.88. The maximum absolute atomic E-state index is 5.79. The Kier molecular flexibility index (Phi) is 5.12. The molecule has 0 radical (unpaired) electrons. The van der Waals surface area contributed by atoms with Crippen molar-refractivity contribution in [2.45, 2.75) is 59.3 Å². The van der Waals surface area contributed by atoms with Crippen molar-refractivity contribution in [1.29, 1.82) is 0 Å². The Bertz CT molecular complexity index is 328. The van der Waals surface area contributed by atoms with Crippen molar-refractivity contribution in [3.8, 4) is 0 Å². The van der Waals surface area contributed by atoms with E-state index in [2.05, 4.69) is 37.8 Å². The fourth-order valence-corrected chi connectivity index (χ4v) is 1.88. The number of nitrogens with zero attached hydrogens (tertiary/aromatic N) is 2. The minimum Gasteiger partial charge on any atom is -0.339 e. The van der Waals surface area contributed by atoms with E-state index >= 15 is 0 Å². The summed E-state index contributed by atoms with van der Waals surface area (Å²) in [6.07, 6.45) is 4.11. The number of aryl methyl sites for hydroxylation is 1. The van der Waals surface area contributed by atoms with Gasteiger partial charge in [0, 0.05) is 13.0 Å². The summed E-state index contributed by atoms with van der Waals surface area (Å²) < 4.78 is 5.32. The monoisotopic (exact) mass is 239 g/mol. The average Bonchev–Trinajstić information content (AvgIpc) is 2.70. The Balaban J connectivity index is 2.65. The van der Waals surface area contributed by atoms with Crippen molar-refractivity contribution in [2.75, 3.05) is 6.54 Å². The number of hydrogen-bond acceptors (Lipinski definition) is 4. The van der Waals surface area contributed by atoms with Gasteiger partial charge in [0.2, 0.25) is 5.89 Å². The third kappa shape index (κ3) is 4.86. The first kappa shape index (κ1) is 14.2. The third-order valence-electron chi connectivity index (χ3n) is 2.73. The Morgan fingerprint density at radius 1 is 1.35 bits per heavy atom. The zero-order valence-electron chi connectivity index (χ0n) is 11.5. The van der Waals surface area contributed by atoms with E-state index in [1.165, 1.54) is 0 Å². The first-order chi connectivity index (χ1) is 7.96. The summed E-state index contributed by atoms with van der Waals surface area (Å²) >= 11 is 0. The van der Waals surface area contributed by atoms with Gasteiger partial charge in [0.05, 0.1) is 5.92 Å². The van der Waals surface area contributed by atoms with Crippen LogP contribution in [0.25, 0.3) is 0 Å². The van der Waals surface area contributed by atoms with E-state index in [4.69, 9.17) is 10.3 Å². The summed E-state index contributed by atoms with van der Waals surface area (Å²) in [5, 5.41) is 4.01. The molecule has 1 aromatic heterocycles. The maximum Gasteiger partial charge on any atom is 0.231 e. The molecule has 4 nitrogen and oxygen atoms in total. The largest absolute Gasteiger partial charge is 0.339 e. The summed E-state index contributed by atoms with van der Waals surface area (Å²) in [5.74, 6) is 1.70. The molecule has 0 saturated carbocycles. The second-order valence-corrected chi connectivity index (χ2v) is 5.85. The molecular formula is C13H25N3O. The Hall–Kier alpha value is -0.900. The van der Waals surface area contributed by atoms with Crippen LogP contribution in [0.3, 0.4) is 0 Å². The van der Waals surface area contributed by atoms with Crippen molar-refractivity contribution in [3.05, 3.63) is 11.7 Å². The van der Waals surface area contributed by atoms with Crippen molar-refractivity contribution in [2.24, 2.45) is 11.1 Å². The van der Waals surface area contributed by atoms with Crippen LogP contribution < -0.4 is 5.73 Å². The van der Waals surface area contributed by atoms with Gasteiger partial charge in [-0.1, -0.05) is 39.3 Å². The molecule has 0 saturated heterocycles. The van der Waals surface area contributed by atoms with Gasteiger partial charge in [-0.25, -0.2) is 0 Å². The lowest BCUT2D eigenvalue weighted by atomic mass is 9.84. The van der Waals surface area contributed by atoms with E-state index in [9.17, 15) is 0 Å². The molecule has 0 aliphatic carbocycles. The van der Waals surface area contributed by atoms with E-state index in [-0.39, 0.29) is 11.3 Å². The molecule has 98 valence electrons. The predicted octanol–water partition coefficient (Wildman–Crippen LogP) is 2.89. The minimum absolute atomic E-state index is 0.179. The van der Waals surface area contributed by atoms with E-state index < -0.39 is 0 Å². The molecule has 1 aromatic rings. The highest BCUT2D eigenvalue weighted by Crippen LogP contribution is 2.29. The quantitative estimate of drug-likeness (QED) is 0.829. The van der Waals surface area contributed by atoms with Crippen molar-refractivity contribution in [1.82, 2.24) is 10.1 Å². The zero-order valence-corrected chi connectivity index (χ0v) is 11.5. The van der Waals surface area contributed by atoms with Crippen molar-refractivity contribution < 1.29 is 4.52 Å². The molecule has 1 atom stereocenters. The van der Waals surface area contributed by atoms with Crippen LogP contribution in [0.5, 0.6) is 0 Å². The highest BCUT2D eigenvalue weighted by molar-refractivity contribution is 4.96. The summed E-state index contributed by atoms with van der Waals surface area (Å²) in [4.78, 5) is 4.45. The molecule has 4 heteroatoms. The van der Waals surface area contributed by atoms with Crippen LogP contribution >= 0.6 is 0 Å². The van der Waals surface area contributed by atoms with Crippen LogP contribution in [0.2, 0.25) is 0 Å². The number of unbranched alkanes of at least 4 members (excludes halogenated alkanes) is 1. The van der Waals surface area contributed by atoms with Gasteiger partial charge in [0.15, 0.2) is 5.82 Å². The van der Waals surface area contributed by atoms with E-state index in [0.717, 1.165) is 31.5 Å². The van der Waals surface area contributed by atoms with Gasteiger partial charge in [-0.05, 0) is 18.3 Å². The minimum atomic E-state index is 0.179. The Morgan fingerprint density at radius 3 is 2.59 bits per heavy atom. The van der Waals surface area contributed by atoms with Gasteiger partial charge >= 0.3 is 0 Å². The topological polar surface area (TPSA) is 64.9 Å². The van der Waals surface area contributed by atoms with E-state index in [1.807, 2.05) is 0 Å². The molecule has 1 rings (SSSR count). The normalized spacial score (nSPS) is 13.9. The Morgan fingerprint density at radius 2 is 2.06 bits per heavy atom. The van der Waals surface area contributed by atoms with Crippen molar-refractivity contribution >= 4 is 0 Å². The summed E-state index contributed by atoms with van der Waals surface area (Å²) in [6, 6.07) is 0. The van der Waals surface area contributed by atoms with Crippen LogP contribution in [0.4, 0.5) is 0 Å². The molecule has 0 bridgehead atoms. The van der Waals surface area contributed by atoms with E-state index in [0.29, 0.717) is 12.4 Å². The second kappa shape index (κ2) is 6.15. The number of hydrogen-bond donors (Lipinski definition) is 1. The maximum atomic E-state index is 5.79. The molecule has 1 heterocycles. The standard InChI is InChI=1S/C13H25N3O/c1-5-6-7-11-15-12(17-16-11)10(9-14)8-13(2,3)4/h10H,5-9,14H2,1-4H3. The van der Waals surface area contributed by atoms with Gasteiger partial charge in [-0.3, -0.25) is 0 Å². The lowest BCUT2D eigenvalue weighted by Crippen LogP contribution is -2.19. The molecular weight excluding hydrogens is 214 g/mol. The number of nitrogens with two attached hydrogens (primary N) is 1. The van der Waals surface area contributed by atoms with Crippen LogP contribution in [0.1, 0.15) is 64.6 Å². The lowest BCUT2D eigenvalue weighted by molar-refractivity contribution is 0.286. The Labute approximate surface area is 104 Å². The summed E-state index contributed by atoms with van der Waals surface area (Å²) in [7, 11) is 0. The molecule has 0 aliphatic heterocycles. The summed E-state index contributed by atoms with van der Waals surface area (Å²) in [6.45, 7) is 9.31. The molecule has 1 unspecified atom stereocenters. The predicted molar refractivity (Wildman–Crippen MR) is 68.8 cm³/mol. The number of rotatable bonds is 6. The smallest absolute Gasteiger partial charge is 0.231 e. The first-order valence-electron chi connectivity index (χ1n) is 6.49.